The first kappa shape index (κ1) is 11.7. The Kier molecular flexibility index (Phi) is 2.83. The molecule has 0 aromatic carbocycles. The topological polar surface area (TPSA) is 66.6 Å². The molecule has 1 amide bonds. The molecule has 96 valence electrons. The van der Waals surface area contributed by atoms with E-state index >= 15 is 0 Å². The first-order valence-electron chi connectivity index (χ1n) is 6.01. The maximum atomic E-state index is 11.8. The number of hydrogen-bond donors (Lipinski definition) is 2. The molecule has 1 fully saturated rings. The first-order chi connectivity index (χ1) is 8.61. The third kappa shape index (κ3) is 2.13. The Hall–Kier alpha value is -1.40. The van der Waals surface area contributed by atoms with Crippen molar-refractivity contribution in [2.75, 3.05) is 0 Å². The van der Waals surface area contributed by atoms with Gasteiger partial charge in [0.2, 0.25) is 5.91 Å². The summed E-state index contributed by atoms with van der Waals surface area (Å²) in [5.74, 6) is 0.0120. The van der Waals surface area contributed by atoms with Crippen LogP contribution in [0.2, 0.25) is 0 Å². The number of thiazole rings is 1. The average molecular weight is 265 g/mol. The molecule has 1 aliphatic carbocycles. The van der Waals surface area contributed by atoms with Crippen LogP contribution in [0.4, 0.5) is 0 Å². The second-order valence-corrected chi connectivity index (χ2v) is 5.66. The van der Waals surface area contributed by atoms with E-state index in [1.165, 1.54) is 0 Å². The van der Waals surface area contributed by atoms with Gasteiger partial charge in [-0.1, -0.05) is 0 Å². The number of aromatic nitrogens is 2. The van der Waals surface area contributed by atoms with Gasteiger partial charge in [-0.15, -0.1) is 11.3 Å². The Labute approximate surface area is 108 Å². The zero-order chi connectivity index (χ0) is 12.7. The summed E-state index contributed by atoms with van der Waals surface area (Å²) in [6.07, 6.45) is 3.42. The number of aryl methyl sites for hydroxylation is 1. The van der Waals surface area contributed by atoms with Crippen molar-refractivity contribution in [2.24, 2.45) is 0 Å². The average Bonchev–Trinajstić information content (AvgIpc) is 2.77. The Balaban J connectivity index is 1.66. The van der Waals surface area contributed by atoms with Gasteiger partial charge in [0, 0.05) is 23.3 Å². The zero-order valence-electron chi connectivity index (χ0n) is 10.1. The zero-order valence-corrected chi connectivity index (χ0v) is 10.9. The van der Waals surface area contributed by atoms with Gasteiger partial charge < -0.3 is 10.4 Å². The van der Waals surface area contributed by atoms with E-state index in [1.807, 2.05) is 22.9 Å². The summed E-state index contributed by atoms with van der Waals surface area (Å²) in [5.41, 5.74) is 1.93. The predicted octanol–water partition coefficient (Wildman–Crippen LogP) is 0.886. The van der Waals surface area contributed by atoms with Crippen LogP contribution in [0.3, 0.4) is 0 Å². The molecule has 2 N–H and O–H groups in total. The van der Waals surface area contributed by atoms with Crippen LogP contribution in [0.15, 0.2) is 11.6 Å². The van der Waals surface area contributed by atoms with Crippen LogP contribution in [-0.2, 0) is 11.2 Å². The summed E-state index contributed by atoms with van der Waals surface area (Å²) in [6, 6.07) is 0.145. The van der Waals surface area contributed by atoms with E-state index in [4.69, 9.17) is 5.11 Å². The molecule has 2 aromatic rings. The minimum Gasteiger partial charge on any atom is -0.393 e. The maximum absolute atomic E-state index is 11.8. The van der Waals surface area contributed by atoms with Crippen LogP contribution >= 0.6 is 11.3 Å². The van der Waals surface area contributed by atoms with Gasteiger partial charge in [0.25, 0.3) is 0 Å². The Bertz CT molecular complexity index is 583. The fourth-order valence-electron chi connectivity index (χ4n) is 2.22. The molecule has 0 atom stereocenters. The minimum atomic E-state index is -0.237. The molecule has 1 saturated carbocycles. The highest BCUT2D eigenvalue weighted by Gasteiger charge is 2.28. The molecule has 0 spiro atoms. The van der Waals surface area contributed by atoms with Gasteiger partial charge in [-0.3, -0.25) is 9.20 Å². The number of hydrogen-bond acceptors (Lipinski definition) is 4. The number of aliphatic hydroxyl groups is 1. The van der Waals surface area contributed by atoms with Crippen molar-refractivity contribution in [3.8, 4) is 0 Å². The standard InChI is InChI=1S/C12H15N3O2S/c1-7-5-15-9(6-18-12(15)13-7)4-11(17)14-8-2-10(16)3-8/h5-6,8,10,16H,2-4H2,1H3,(H,14,17). The molecule has 0 saturated heterocycles. The number of nitrogens with one attached hydrogen (secondary N) is 1. The van der Waals surface area contributed by atoms with Gasteiger partial charge >= 0.3 is 0 Å². The van der Waals surface area contributed by atoms with Crippen molar-refractivity contribution in [2.45, 2.75) is 38.3 Å². The fourth-order valence-corrected chi connectivity index (χ4v) is 3.14. The molecule has 0 bridgehead atoms. The van der Waals surface area contributed by atoms with Crippen molar-refractivity contribution >= 4 is 22.2 Å². The van der Waals surface area contributed by atoms with E-state index in [0.29, 0.717) is 19.3 Å². The van der Waals surface area contributed by atoms with Gasteiger partial charge in [0.05, 0.1) is 18.2 Å². The molecule has 5 nitrogen and oxygen atoms in total. The van der Waals surface area contributed by atoms with Crippen molar-refractivity contribution in [3.05, 3.63) is 23.0 Å². The molecular formula is C12H15N3O2S. The van der Waals surface area contributed by atoms with E-state index in [2.05, 4.69) is 10.3 Å². The smallest absolute Gasteiger partial charge is 0.226 e. The highest BCUT2D eigenvalue weighted by molar-refractivity contribution is 7.15. The molecule has 2 heterocycles. The monoisotopic (exact) mass is 265 g/mol. The van der Waals surface area contributed by atoms with Crippen molar-refractivity contribution in [1.29, 1.82) is 0 Å². The van der Waals surface area contributed by atoms with Gasteiger partial charge in [0.1, 0.15) is 0 Å². The Morgan fingerprint density at radius 1 is 1.67 bits per heavy atom. The summed E-state index contributed by atoms with van der Waals surface area (Å²) in [7, 11) is 0. The third-order valence-electron chi connectivity index (χ3n) is 3.22. The van der Waals surface area contributed by atoms with Crippen LogP contribution in [-0.4, -0.2) is 32.5 Å². The van der Waals surface area contributed by atoms with Gasteiger partial charge in [-0.25, -0.2) is 4.98 Å². The highest BCUT2D eigenvalue weighted by Crippen LogP contribution is 2.20. The summed E-state index contributed by atoms with van der Waals surface area (Å²) < 4.78 is 1.97. The predicted molar refractivity (Wildman–Crippen MR) is 68.7 cm³/mol. The lowest BCUT2D eigenvalue weighted by Crippen LogP contribution is -2.47. The number of nitrogens with zero attached hydrogens (tertiary/aromatic N) is 2. The highest BCUT2D eigenvalue weighted by atomic mass is 32.1. The van der Waals surface area contributed by atoms with Crippen LogP contribution in [0.5, 0.6) is 0 Å². The second kappa shape index (κ2) is 4.37. The minimum absolute atomic E-state index is 0.0120. The summed E-state index contributed by atoms with van der Waals surface area (Å²) >= 11 is 1.55. The fraction of sp³-hybridized carbons (Fsp3) is 0.500. The summed E-state index contributed by atoms with van der Waals surface area (Å²) in [6.45, 7) is 1.94. The molecule has 1 aliphatic rings. The number of amides is 1. The molecule has 18 heavy (non-hydrogen) atoms. The molecule has 0 aliphatic heterocycles. The van der Waals surface area contributed by atoms with E-state index in [1.54, 1.807) is 11.3 Å². The number of aliphatic hydroxyl groups excluding tert-OH is 1. The molecule has 0 radical (unpaired) electrons. The number of fused-ring (bicyclic) bond motifs is 1. The summed E-state index contributed by atoms with van der Waals surface area (Å²) in [5, 5.41) is 14.1. The van der Waals surface area contributed by atoms with Crippen LogP contribution in [0.1, 0.15) is 24.2 Å². The van der Waals surface area contributed by atoms with E-state index < -0.39 is 0 Å². The molecule has 2 aromatic heterocycles. The Morgan fingerprint density at radius 2 is 2.44 bits per heavy atom. The van der Waals surface area contributed by atoms with Gasteiger partial charge in [-0.05, 0) is 19.8 Å². The van der Waals surface area contributed by atoms with E-state index in [-0.39, 0.29) is 18.1 Å². The lowest BCUT2D eigenvalue weighted by Gasteiger charge is -2.31. The number of imidazole rings is 1. The van der Waals surface area contributed by atoms with Crippen molar-refractivity contribution in [3.63, 3.8) is 0 Å². The van der Waals surface area contributed by atoms with Gasteiger partial charge in [-0.2, -0.15) is 0 Å². The molecule has 3 rings (SSSR count). The molecular weight excluding hydrogens is 250 g/mol. The van der Waals surface area contributed by atoms with Crippen LogP contribution in [0, 0.1) is 6.92 Å². The van der Waals surface area contributed by atoms with Crippen molar-refractivity contribution < 1.29 is 9.90 Å². The van der Waals surface area contributed by atoms with Crippen LogP contribution < -0.4 is 5.32 Å². The quantitative estimate of drug-likeness (QED) is 0.866. The number of carbonyl (C=O) groups excluding carboxylic acids is 1. The molecule has 6 heteroatoms. The largest absolute Gasteiger partial charge is 0.393 e. The van der Waals surface area contributed by atoms with E-state index in [9.17, 15) is 4.79 Å². The lowest BCUT2D eigenvalue weighted by atomic mass is 9.89. The Morgan fingerprint density at radius 3 is 3.17 bits per heavy atom. The lowest BCUT2D eigenvalue weighted by molar-refractivity contribution is -0.122. The third-order valence-corrected chi connectivity index (χ3v) is 4.11. The summed E-state index contributed by atoms with van der Waals surface area (Å²) in [4.78, 5) is 17.1. The van der Waals surface area contributed by atoms with E-state index in [0.717, 1.165) is 16.3 Å². The normalized spacial score (nSPS) is 23.0. The van der Waals surface area contributed by atoms with Gasteiger partial charge in [0.15, 0.2) is 4.96 Å². The number of carbonyl (C=O) groups is 1. The number of rotatable bonds is 3. The van der Waals surface area contributed by atoms with Crippen molar-refractivity contribution in [1.82, 2.24) is 14.7 Å². The SMILES string of the molecule is Cc1cn2c(CC(=O)NC3CC(O)C3)csc2n1. The first-order valence-corrected chi connectivity index (χ1v) is 6.89. The maximum Gasteiger partial charge on any atom is 0.226 e. The second-order valence-electron chi connectivity index (χ2n) is 4.83. The molecule has 0 unspecified atom stereocenters. The van der Waals surface area contributed by atoms with Crippen LogP contribution in [0.25, 0.3) is 4.96 Å².